The summed E-state index contributed by atoms with van der Waals surface area (Å²) >= 11 is 0. The molecule has 1 saturated heterocycles. The van der Waals surface area contributed by atoms with Crippen LogP contribution in [0.25, 0.3) is 11.3 Å². The summed E-state index contributed by atoms with van der Waals surface area (Å²) in [4.78, 5) is 4.39. The van der Waals surface area contributed by atoms with Crippen LogP contribution in [-0.2, 0) is 0 Å². The van der Waals surface area contributed by atoms with Crippen LogP contribution in [0.15, 0.2) is 36.8 Å². The van der Waals surface area contributed by atoms with Gasteiger partial charge in [-0.3, -0.25) is 0 Å². The van der Waals surface area contributed by atoms with Crippen molar-refractivity contribution in [2.45, 2.75) is 18.9 Å². The van der Waals surface area contributed by atoms with Gasteiger partial charge >= 0.3 is 0 Å². The van der Waals surface area contributed by atoms with Crippen molar-refractivity contribution in [1.29, 1.82) is 0 Å². The van der Waals surface area contributed by atoms with Crippen LogP contribution in [0.2, 0.25) is 0 Å². The average molecular weight is 265 g/mol. The van der Waals surface area contributed by atoms with Gasteiger partial charge in [0.05, 0.1) is 24.3 Å². The molecule has 0 bridgehead atoms. The van der Waals surface area contributed by atoms with E-state index in [1.807, 2.05) is 12.5 Å². The van der Waals surface area contributed by atoms with E-state index in [2.05, 4.69) is 39.1 Å². The third kappa shape index (κ3) is 1.36. The Labute approximate surface area is 119 Å². The summed E-state index contributed by atoms with van der Waals surface area (Å²) in [5, 5.41) is 3.55. The molecule has 102 valence electrons. The highest BCUT2D eigenvalue weighted by Gasteiger charge is 2.43. The molecule has 3 heteroatoms. The van der Waals surface area contributed by atoms with Crippen molar-refractivity contribution in [3.63, 3.8) is 0 Å². The van der Waals surface area contributed by atoms with E-state index >= 15 is 0 Å². The van der Waals surface area contributed by atoms with Gasteiger partial charge < -0.3 is 9.88 Å². The van der Waals surface area contributed by atoms with E-state index in [1.165, 1.54) is 42.8 Å². The number of nitrogens with one attached hydrogen (secondary N) is 1. The Morgan fingerprint density at radius 3 is 2.70 bits per heavy atom. The summed E-state index contributed by atoms with van der Waals surface area (Å²) in [6, 6.07) is 9.42. The molecule has 3 aliphatic rings. The van der Waals surface area contributed by atoms with Crippen LogP contribution in [0.4, 0.5) is 0 Å². The summed E-state index contributed by atoms with van der Waals surface area (Å²) in [5.74, 6) is 2.59. The maximum atomic E-state index is 4.39. The quantitative estimate of drug-likeness (QED) is 0.859. The molecule has 3 nitrogen and oxygen atoms in total. The average Bonchev–Trinajstić information content (AvgIpc) is 3.17. The number of benzene rings is 1. The molecule has 1 aromatic heterocycles. The Hall–Kier alpha value is -1.61. The molecule has 1 aromatic carbocycles. The van der Waals surface area contributed by atoms with E-state index in [9.17, 15) is 0 Å². The second-order valence-electron chi connectivity index (χ2n) is 6.63. The van der Waals surface area contributed by atoms with Crippen molar-refractivity contribution in [3.05, 3.63) is 42.4 Å². The van der Waals surface area contributed by atoms with Gasteiger partial charge in [0.1, 0.15) is 0 Å². The van der Waals surface area contributed by atoms with E-state index in [0.29, 0.717) is 6.04 Å². The minimum atomic E-state index is 0.522. The summed E-state index contributed by atoms with van der Waals surface area (Å²) in [7, 11) is 0. The summed E-state index contributed by atoms with van der Waals surface area (Å²) < 4.78 is 2.42. The SMILES string of the molecule is c1ccc2c(c1)-c1cncn1C2C1CC2CNCC2C1. The number of aromatic nitrogens is 2. The van der Waals surface area contributed by atoms with Crippen LogP contribution in [0.1, 0.15) is 24.4 Å². The minimum absolute atomic E-state index is 0.522. The van der Waals surface area contributed by atoms with Crippen molar-refractivity contribution >= 4 is 0 Å². The van der Waals surface area contributed by atoms with Crippen LogP contribution in [0.3, 0.4) is 0 Å². The second kappa shape index (κ2) is 3.95. The van der Waals surface area contributed by atoms with Crippen molar-refractivity contribution in [2.75, 3.05) is 13.1 Å². The van der Waals surface area contributed by atoms with Gasteiger partial charge in [-0.25, -0.2) is 4.98 Å². The number of rotatable bonds is 1. The molecule has 2 aliphatic heterocycles. The first-order valence-corrected chi connectivity index (χ1v) is 7.73. The molecule has 3 atom stereocenters. The van der Waals surface area contributed by atoms with Crippen LogP contribution in [0.5, 0.6) is 0 Å². The Bertz CT molecular complexity index is 648. The summed E-state index contributed by atoms with van der Waals surface area (Å²) in [5.41, 5.74) is 4.22. The van der Waals surface area contributed by atoms with Crippen LogP contribution < -0.4 is 5.32 Å². The Kier molecular flexibility index (Phi) is 2.19. The molecule has 5 rings (SSSR count). The van der Waals surface area contributed by atoms with Crippen LogP contribution >= 0.6 is 0 Å². The minimum Gasteiger partial charge on any atom is -0.323 e. The zero-order valence-electron chi connectivity index (χ0n) is 11.5. The topological polar surface area (TPSA) is 29.9 Å². The van der Waals surface area contributed by atoms with Crippen molar-refractivity contribution < 1.29 is 0 Å². The highest BCUT2D eigenvalue weighted by molar-refractivity contribution is 5.69. The molecular weight excluding hydrogens is 246 g/mol. The van der Waals surface area contributed by atoms with Crippen LogP contribution in [0, 0.1) is 17.8 Å². The number of imidazole rings is 1. The smallest absolute Gasteiger partial charge is 0.0956 e. The Morgan fingerprint density at radius 1 is 1.05 bits per heavy atom. The van der Waals surface area contributed by atoms with Crippen LogP contribution in [-0.4, -0.2) is 22.6 Å². The molecule has 0 spiro atoms. The van der Waals surface area contributed by atoms with Gasteiger partial charge in [0.25, 0.3) is 0 Å². The molecule has 1 aliphatic carbocycles. The fourth-order valence-corrected chi connectivity index (χ4v) is 4.82. The van der Waals surface area contributed by atoms with Gasteiger partial charge in [-0.2, -0.15) is 0 Å². The van der Waals surface area contributed by atoms with E-state index in [4.69, 9.17) is 0 Å². The third-order valence-electron chi connectivity index (χ3n) is 5.66. The molecule has 0 radical (unpaired) electrons. The number of hydrogen-bond acceptors (Lipinski definition) is 2. The van der Waals surface area contributed by atoms with Crippen molar-refractivity contribution in [3.8, 4) is 11.3 Å². The van der Waals surface area contributed by atoms with Gasteiger partial charge in [0.15, 0.2) is 0 Å². The largest absolute Gasteiger partial charge is 0.323 e. The number of nitrogens with zero attached hydrogens (tertiary/aromatic N) is 2. The van der Waals surface area contributed by atoms with Gasteiger partial charge in [0.2, 0.25) is 0 Å². The second-order valence-corrected chi connectivity index (χ2v) is 6.63. The van der Waals surface area contributed by atoms with E-state index < -0.39 is 0 Å². The Morgan fingerprint density at radius 2 is 1.85 bits per heavy atom. The lowest BCUT2D eigenvalue weighted by atomic mass is 9.90. The molecule has 1 saturated carbocycles. The van der Waals surface area contributed by atoms with Gasteiger partial charge in [-0.05, 0) is 49.2 Å². The standard InChI is InChI=1S/C17H19N3/c1-2-4-15-14(3-1)16-9-19-10-20(16)17(15)11-5-12-7-18-8-13(12)6-11/h1-4,9-13,17-18H,5-8H2. The van der Waals surface area contributed by atoms with Gasteiger partial charge in [-0.15, -0.1) is 0 Å². The van der Waals surface area contributed by atoms with Crippen molar-refractivity contribution in [2.24, 2.45) is 17.8 Å². The fraction of sp³-hybridized carbons (Fsp3) is 0.471. The lowest BCUT2D eigenvalue weighted by Gasteiger charge is -2.23. The van der Waals surface area contributed by atoms with E-state index in [0.717, 1.165) is 17.8 Å². The first-order chi connectivity index (χ1) is 9.92. The lowest BCUT2D eigenvalue weighted by Crippen LogP contribution is -2.19. The molecule has 2 fully saturated rings. The maximum absolute atomic E-state index is 4.39. The predicted molar refractivity (Wildman–Crippen MR) is 78.4 cm³/mol. The molecule has 1 N–H and O–H groups in total. The number of fused-ring (bicyclic) bond motifs is 4. The lowest BCUT2D eigenvalue weighted by molar-refractivity contribution is 0.373. The number of hydrogen-bond donors (Lipinski definition) is 1. The molecule has 3 unspecified atom stereocenters. The third-order valence-corrected chi connectivity index (χ3v) is 5.66. The van der Waals surface area contributed by atoms with Crippen molar-refractivity contribution in [1.82, 2.24) is 14.9 Å². The summed E-state index contributed by atoms with van der Waals surface area (Å²) in [6.45, 7) is 2.46. The van der Waals surface area contributed by atoms with Gasteiger partial charge in [0, 0.05) is 5.56 Å². The zero-order chi connectivity index (χ0) is 13.1. The van der Waals surface area contributed by atoms with Gasteiger partial charge in [-0.1, -0.05) is 24.3 Å². The first kappa shape index (κ1) is 11.1. The predicted octanol–water partition coefficient (Wildman–Crippen LogP) is 2.70. The molecule has 2 aromatic rings. The summed E-state index contributed by atoms with van der Waals surface area (Å²) in [6.07, 6.45) is 6.80. The van der Waals surface area contributed by atoms with E-state index in [-0.39, 0.29) is 0 Å². The fourth-order valence-electron chi connectivity index (χ4n) is 4.82. The molecular formula is C17H19N3. The first-order valence-electron chi connectivity index (χ1n) is 7.73. The highest BCUT2D eigenvalue weighted by Crippen LogP contribution is 2.50. The maximum Gasteiger partial charge on any atom is 0.0956 e. The zero-order valence-corrected chi connectivity index (χ0v) is 11.5. The van der Waals surface area contributed by atoms with E-state index in [1.54, 1.807) is 0 Å². The molecule has 0 amide bonds. The monoisotopic (exact) mass is 265 g/mol. The highest BCUT2D eigenvalue weighted by atomic mass is 15.1. The normalized spacial score (nSPS) is 34.0. The Balaban J connectivity index is 1.58. The molecule has 20 heavy (non-hydrogen) atoms. The molecule has 3 heterocycles.